The van der Waals surface area contributed by atoms with Crippen LogP contribution in [0.25, 0.3) is 10.9 Å². The summed E-state index contributed by atoms with van der Waals surface area (Å²) in [5.74, 6) is -0.433. The molecule has 10 heteroatoms. The second-order valence-electron chi connectivity index (χ2n) is 6.60. The second kappa shape index (κ2) is 9.02. The Bertz CT molecular complexity index is 1030. The van der Waals surface area contributed by atoms with Crippen molar-refractivity contribution in [1.29, 1.82) is 0 Å². The van der Waals surface area contributed by atoms with Crippen molar-refractivity contribution in [3.05, 3.63) is 53.3 Å². The second-order valence-corrected chi connectivity index (χ2v) is 6.60. The minimum absolute atomic E-state index is 0.190. The normalized spacial score (nSPS) is 11.5. The number of fused-ring (bicyclic) bond motifs is 1. The molecule has 0 spiro atoms. The third-order valence-corrected chi connectivity index (χ3v) is 4.35. The Balaban J connectivity index is 1.74. The van der Waals surface area contributed by atoms with Gasteiger partial charge in [-0.2, -0.15) is 18.3 Å². The van der Waals surface area contributed by atoms with Crippen molar-refractivity contribution >= 4 is 22.8 Å². The van der Waals surface area contributed by atoms with E-state index in [1.807, 2.05) is 6.92 Å². The van der Waals surface area contributed by atoms with Gasteiger partial charge >= 0.3 is 12.2 Å². The van der Waals surface area contributed by atoms with Gasteiger partial charge < -0.3 is 10.1 Å². The number of benzene rings is 2. The zero-order valence-corrected chi connectivity index (χ0v) is 16.1. The number of unbranched alkanes of at least 4 members (excludes halogenated alkanes) is 1. The van der Waals surface area contributed by atoms with Crippen LogP contribution < -0.4 is 15.4 Å². The molecule has 0 saturated heterocycles. The van der Waals surface area contributed by atoms with Crippen LogP contribution in [0.3, 0.4) is 0 Å². The van der Waals surface area contributed by atoms with Crippen LogP contribution in [0.4, 0.5) is 28.2 Å². The van der Waals surface area contributed by atoms with Crippen LogP contribution in [0.1, 0.15) is 30.9 Å². The molecule has 0 aliphatic heterocycles. The summed E-state index contributed by atoms with van der Waals surface area (Å²) in [6, 6.07) is 6.77. The van der Waals surface area contributed by atoms with Crippen molar-refractivity contribution < 1.29 is 27.1 Å². The third kappa shape index (κ3) is 5.19. The number of urea groups is 1. The van der Waals surface area contributed by atoms with Crippen LogP contribution in [0.2, 0.25) is 0 Å². The van der Waals surface area contributed by atoms with E-state index in [2.05, 4.69) is 20.8 Å². The van der Waals surface area contributed by atoms with Gasteiger partial charge in [-0.05, 0) is 36.8 Å². The zero-order valence-electron chi connectivity index (χ0n) is 16.1. The van der Waals surface area contributed by atoms with Gasteiger partial charge in [0.15, 0.2) is 5.82 Å². The molecule has 160 valence electrons. The maximum absolute atomic E-state index is 13.2. The lowest BCUT2D eigenvalue weighted by molar-refractivity contribution is -0.138. The topological polar surface area (TPSA) is 79.0 Å². The number of aromatic nitrogens is 2. The minimum Gasteiger partial charge on any atom is -0.489 e. The van der Waals surface area contributed by atoms with E-state index >= 15 is 0 Å². The fourth-order valence-electron chi connectivity index (χ4n) is 2.81. The van der Waals surface area contributed by atoms with Crippen LogP contribution in [-0.2, 0) is 12.8 Å². The average Bonchev–Trinajstić information content (AvgIpc) is 3.08. The number of nitrogens with zero attached hydrogens (tertiary/aromatic N) is 1. The van der Waals surface area contributed by atoms with Crippen molar-refractivity contribution in [2.45, 2.75) is 32.5 Å². The summed E-state index contributed by atoms with van der Waals surface area (Å²) in [4.78, 5) is 11.9. The largest absolute Gasteiger partial charge is 0.489 e. The molecule has 30 heavy (non-hydrogen) atoms. The maximum atomic E-state index is 13.2. The Labute approximate surface area is 169 Å². The standard InChI is InChI=1S/C20H20F4N4O2/c1-2-3-8-25-19(29)26-18-15-10-14(6-7-17(15)27-28-18)30-11-12-4-5-13(21)9-16(12)20(22,23)24/h4-7,9-10H,2-3,8,11H2,1H3,(H3,25,26,27,28,29). The molecule has 0 saturated carbocycles. The van der Waals surface area contributed by atoms with Gasteiger partial charge in [-0.1, -0.05) is 19.4 Å². The van der Waals surface area contributed by atoms with Gasteiger partial charge in [0.25, 0.3) is 0 Å². The minimum atomic E-state index is -4.70. The number of rotatable bonds is 7. The molecule has 2 amide bonds. The van der Waals surface area contributed by atoms with Crippen molar-refractivity contribution in [1.82, 2.24) is 15.5 Å². The Kier molecular flexibility index (Phi) is 6.43. The molecule has 1 heterocycles. The molecular formula is C20H20F4N4O2. The summed E-state index contributed by atoms with van der Waals surface area (Å²) in [5.41, 5.74) is -0.660. The fraction of sp³-hybridized carbons (Fsp3) is 0.300. The number of carbonyl (C=O) groups is 1. The summed E-state index contributed by atoms with van der Waals surface area (Å²) < 4.78 is 58.1. The molecule has 3 N–H and O–H groups in total. The predicted molar refractivity (Wildman–Crippen MR) is 104 cm³/mol. The first kappa shape index (κ1) is 21.4. The number of halogens is 4. The Morgan fingerprint density at radius 1 is 1.20 bits per heavy atom. The molecular weight excluding hydrogens is 404 g/mol. The van der Waals surface area contributed by atoms with E-state index < -0.39 is 30.2 Å². The summed E-state index contributed by atoms with van der Waals surface area (Å²) >= 11 is 0. The number of alkyl halides is 3. The quantitative estimate of drug-likeness (QED) is 0.359. The number of nitrogens with one attached hydrogen (secondary N) is 3. The maximum Gasteiger partial charge on any atom is 0.416 e. The van der Waals surface area contributed by atoms with Gasteiger partial charge in [0, 0.05) is 17.5 Å². The van der Waals surface area contributed by atoms with Crippen LogP contribution in [-0.4, -0.2) is 22.8 Å². The molecule has 3 aromatic rings. The summed E-state index contributed by atoms with van der Waals surface area (Å²) in [6.45, 7) is 2.13. The van der Waals surface area contributed by atoms with Gasteiger partial charge in [0.2, 0.25) is 0 Å². The van der Waals surface area contributed by atoms with Crippen molar-refractivity contribution in [2.24, 2.45) is 0 Å². The van der Waals surface area contributed by atoms with Crippen molar-refractivity contribution in [2.75, 3.05) is 11.9 Å². The molecule has 0 aliphatic rings. The van der Waals surface area contributed by atoms with E-state index in [9.17, 15) is 22.4 Å². The molecule has 0 aliphatic carbocycles. The van der Waals surface area contributed by atoms with Gasteiger partial charge in [0.1, 0.15) is 18.2 Å². The predicted octanol–water partition coefficient (Wildman–Crippen LogP) is 5.22. The summed E-state index contributed by atoms with van der Waals surface area (Å²) in [7, 11) is 0. The first-order valence-corrected chi connectivity index (χ1v) is 9.29. The molecule has 0 atom stereocenters. The first-order valence-electron chi connectivity index (χ1n) is 9.29. The lowest BCUT2D eigenvalue weighted by Gasteiger charge is -2.14. The lowest BCUT2D eigenvalue weighted by atomic mass is 10.1. The van der Waals surface area contributed by atoms with Crippen LogP contribution in [0.15, 0.2) is 36.4 Å². The summed E-state index contributed by atoms with van der Waals surface area (Å²) in [5, 5.41) is 12.7. The van der Waals surface area contributed by atoms with E-state index in [0.717, 1.165) is 25.0 Å². The van der Waals surface area contributed by atoms with Crippen LogP contribution in [0.5, 0.6) is 5.75 Å². The molecule has 1 aromatic heterocycles. The fourth-order valence-corrected chi connectivity index (χ4v) is 2.81. The molecule has 0 unspecified atom stereocenters. The van der Waals surface area contributed by atoms with Crippen LogP contribution >= 0.6 is 0 Å². The molecule has 0 bridgehead atoms. The number of carbonyl (C=O) groups excluding carboxylic acids is 1. The molecule has 2 aromatic carbocycles. The highest BCUT2D eigenvalue weighted by Crippen LogP contribution is 2.33. The average molecular weight is 424 g/mol. The van der Waals surface area contributed by atoms with E-state index in [1.165, 1.54) is 0 Å². The van der Waals surface area contributed by atoms with E-state index in [1.54, 1.807) is 18.2 Å². The zero-order chi connectivity index (χ0) is 21.7. The lowest BCUT2D eigenvalue weighted by Crippen LogP contribution is -2.29. The smallest absolute Gasteiger partial charge is 0.416 e. The number of H-pyrrole nitrogens is 1. The van der Waals surface area contributed by atoms with Gasteiger partial charge in [0.05, 0.1) is 11.1 Å². The number of ether oxygens (including phenoxy) is 1. The highest BCUT2D eigenvalue weighted by molar-refractivity contribution is 5.99. The monoisotopic (exact) mass is 424 g/mol. The van der Waals surface area contributed by atoms with Gasteiger partial charge in [-0.25, -0.2) is 9.18 Å². The number of amides is 2. The highest BCUT2D eigenvalue weighted by Gasteiger charge is 2.33. The highest BCUT2D eigenvalue weighted by atomic mass is 19.4. The van der Waals surface area contributed by atoms with Gasteiger partial charge in [-0.15, -0.1) is 0 Å². The first-order chi connectivity index (χ1) is 14.3. The molecule has 3 rings (SSSR count). The van der Waals surface area contributed by atoms with Crippen LogP contribution in [0, 0.1) is 5.82 Å². The van der Waals surface area contributed by atoms with Crippen molar-refractivity contribution in [3.63, 3.8) is 0 Å². The van der Waals surface area contributed by atoms with E-state index in [0.29, 0.717) is 23.5 Å². The number of aromatic amines is 1. The van der Waals surface area contributed by atoms with E-state index in [4.69, 9.17) is 4.74 Å². The van der Waals surface area contributed by atoms with Crippen molar-refractivity contribution in [3.8, 4) is 5.75 Å². The number of anilines is 1. The van der Waals surface area contributed by atoms with E-state index in [-0.39, 0.29) is 17.1 Å². The van der Waals surface area contributed by atoms with Gasteiger partial charge in [-0.3, -0.25) is 10.4 Å². The Morgan fingerprint density at radius 2 is 2.00 bits per heavy atom. The summed E-state index contributed by atoms with van der Waals surface area (Å²) in [6.07, 6.45) is -2.91. The Hall–Kier alpha value is -3.30. The number of hydrogen-bond donors (Lipinski definition) is 3. The molecule has 0 fully saturated rings. The molecule has 0 radical (unpaired) electrons. The third-order valence-electron chi connectivity index (χ3n) is 4.35. The SMILES string of the molecule is CCCCNC(=O)Nc1n[nH]c2ccc(OCc3ccc(F)cc3C(F)(F)F)cc12. The molecule has 6 nitrogen and oxygen atoms in total. The number of hydrogen-bond acceptors (Lipinski definition) is 3. The Morgan fingerprint density at radius 3 is 2.73 bits per heavy atom.